The quantitative estimate of drug-likeness (QED) is 0.193. The SMILES string of the molecule is CNc1ccc(-c2cn3c(n2)sc2cc(OC)ccc23)cc1.COc1ccc2c(c1)sc1nc(-c3ccc(N)cc3)cn12. The summed E-state index contributed by atoms with van der Waals surface area (Å²) in [6.45, 7) is 0. The maximum Gasteiger partial charge on any atom is 0.195 e. The summed E-state index contributed by atoms with van der Waals surface area (Å²) in [6.07, 6.45) is 4.15. The van der Waals surface area contributed by atoms with Crippen LogP contribution in [-0.2, 0) is 0 Å². The highest BCUT2D eigenvalue weighted by Gasteiger charge is 2.12. The van der Waals surface area contributed by atoms with Crippen LogP contribution in [0.25, 0.3) is 52.9 Å². The molecule has 4 aromatic carbocycles. The molecule has 8 nitrogen and oxygen atoms in total. The van der Waals surface area contributed by atoms with Crippen LogP contribution in [0, 0.1) is 0 Å². The molecule has 0 bridgehead atoms. The first-order valence-corrected chi connectivity index (χ1v) is 15.2. The third-order valence-electron chi connectivity index (χ3n) is 7.28. The van der Waals surface area contributed by atoms with Crippen molar-refractivity contribution in [2.24, 2.45) is 0 Å². The van der Waals surface area contributed by atoms with Crippen molar-refractivity contribution in [1.82, 2.24) is 18.8 Å². The number of nitrogens with two attached hydrogens (primary N) is 1. The Labute approximate surface area is 255 Å². The molecule has 214 valence electrons. The average molecular weight is 605 g/mol. The zero-order valence-electron chi connectivity index (χ0n) is 23.7. The number of fused-ring (bicyclic) bond motifs is 6. The minimum Gasteiger partial charge on any atom is -0.497 e. The van der Waals surface area contributed by atoms with Gasteiger partial charge in [-0.15, -0.1) is 0 Å². The van der Waals surface area contributed by atoms with E-state index in [9.17, 15) is 0 Å². The molecule has 0 radical (unpaired) electrons. The van der Waals surface area contributed by atoms with Crippen LogP contribution in [-0.4, -0.2) is 40.0 Å². The molecule has 8 aromatic rings. The van der Waals surface area contributed by atoms with Gasteiger partial charge in [0.25, 0.3) is 0 Å². The number of aromatic nitrogens is 4. The highest BCUT2D eigenvalue weighted by Crippen LogP contribution is 2.33. The van der Waals surface area contributed by atoms with Gasteiger partial charge in [-0.2, -0.15) is 0 Å². The second-order valence-corrected chi connectivity index (χ2v) is 11.9. The maximum absolute atomic E-state index is 5.73. The number of anilines is 2. The van der Waals surface area contributed by atoms with E-state index in [1.165, 1.54) is 9.40 Å². The number of benzene rings is 4. The number of imidazole rings is 2. The van der Waals surface area contributed by atoms with Gasteiger partial charge in [-0.05, 0) is 60.7 Å². The first kappa shape index (κ1) is 26.8. The van der Waals surface area contributed by atoms with Gasteiger partial charge < -0.3 is 20.5 Å². The van der Waals surface area contributed by atoms with Crippen molar-refractivity contribution in [2.45, 2.75) is 0 Å². The molecule has 0 fully saturated rings. The number of nitrogen functional groups attached to an aromatic ring is 1. The lowest BCUT2D eigenvalue weighted by Crippen LogP contribution is -1.86. The zero-order chi connectivity index (χ0) is 29.5. The molecule has 43 heavy (non-hydrogen) atoms. The first-order chi connectivity index (χ1) is 21.0. The van der Waals surface area contributed by atoms with E-state index < -0.39 is 0 Å². The lowest BCUT2D eigenvalue weighted by Gasteiger charge is -2.01. The van der Waals surface area contributed by atoms with Gasteiger partial charge in [-0.25, -0.2) is 9.97 Å². The van der Waals surface area contributed by atoms with Crippen LogP contribution in [0.4, 0.5) is 11.4 Å². The van der Waals surface area contributed by atoms with E-state index in [1.807, 2.05) is 49.5 Å². The van der Waals surface area contributed by atoms with Gasteiger partial charge in [0.15, 0.2) is 9.92 Å². The minimum atomic E-state index is 0.761. The second kappa shape index (κ2) is 11.0. The molecule has 0 saturated carbocycles. The Morgan fingerprint density at radius 1 is 0.651 bits per heavy atom. The predicted molar refractivity (Wildman–Crippen MR) is 179 cm³/mol. The fourth-order valence-electron chi connectivity index (χ4n) is 4.96. The van der Waals surface area contributed by atoms with Gasteiger partial charge in [0.1, 0.15) is 11.5 Å². The molecule has 0 aliphatic rings. The third kappa shape index (κ3) is 5.00. The number of nitrogens with one attached hydrogen (secondary N) is 1. The number of thiazole rings is 2. The standard InChI is InChI=1S/C17H15N3OS.C16H13N3OS/c1-18-12-5-3-11(4-6-12)14-10-20-15-8-7-13(21-2)9-16(15)22-17(20)19-14;1-20-12-6-7-14-15(8-12)21-16-18-13(9-19(14)16)10-2-4-11(17)5-3-10/h3-10,18H,1-2H3;2-9H,17H2,1H3. The molecule has 4 aromatic heterocycles. The topological polar surface area (TPSA) is 91.1 Å². The van der Waals surface area contributed by atoms with Gasteiger partial charge in [-0.3, -0.25) is 8.80 Å². The summed E-state index contributed by atoms with van der Waals surface area (Å²) in [5, 5.41) is 3.13. The highest BCUT2D eigenvalue weighted by molar-refractivity contribution is 7.24. The van der Waals surface area contributed by atoms with E-state index in [2.05, 4.69) is 69.0 Å². The summed E-state index contributed by atoms with van der Waals surface area (Å²) in [5.41, 5.74) is 14.0. The smallest absolute Gasteiger partial charge is 0.195 e. The Balaban J connectivity index is 0.000000140. The molecular formula is C33H28N6O2S2. The number of ether oxygens (including phenoxy) is 2. The summed E-state index contributed by atoms with van der Waals surface area (Å²) in [7, 11) is 5.29. The van der Waals surface area contributed by atoms with Crippen molar-refractivity contribution in [1.29, 1.82) is 0 Å². The molecule has 0 spiro atoms. The first-order valence-electron chi connectivity index (χ1n) is 13.6. The van der Waals surface area contributed by atoms with Gasteiger partial charge in [0.2, 0.25) is 0 Å². The van der Waals surface area contributed by atoms with E-state index in [-0.39, 0.29) is 0 Å². The van der Waals surface area contributed by atoms with Crippen LogP contribution in [0.5, 0.6) is 11.5 Å². The van der Waals surface area contributed by atoms with Crippen molar-refractivity contribution in [3.05, 3.63) is 97.3 Å². The van der Waals surface area contributed by atoms with Crippen molar-refractivity contribution in [3.63, 3.8) is 0 Å². The Bertz CT molecular complexity index is 2210. The third-order valence-corrected chi connectivity index (χ3v) is 9.31. The van der Waals surface area contributed by atoms with Crippen molar-refractivity contribution >= 4 is 64.4 Å². The van der Waals surface area contributed by atoms with Gasteiger partial charge >= 0.3 is 0 Å². The Morgan fingerprint density at radius 3 is 1.56 bits per heavy atom. The normalized spacial score (nSPS) is 11.2. The highest BCUT2D eigenvalue weighted by atomic mass is 32.1. The molecule has 0 amide bonds. The molecule has 10 heteroatoms. The fourth-order valence-corrected chi connectivity index (χ4v) is 7.03. The lowest BCUT2D eigenvalue weighted by molar-refractivity contribution is 0.415. The van der Waals surface area contributed by atoms with E-state index in [4.69, 9.17) is 25.2 Å². The van der Waals surface area contributed by atoms with Crippen LogP contribution in [0.3, 0.4) is 0 Å². The van der Waals surface area contributed by atoms with Gasteiger partial charge in [0.05, 0.1) is 46.0 Å². The summed E-state index contributed by atoms with van der Waals surface area (Å²) < 4.78 is 17.1. The van der Waals surface area contributed by atoms with Crippen molar-refractivity contribution < 1.29 is 9.47 Å². The minimum absolute atomic E-state index is 0.761. The van der Waals surface area contributed by atoms with Gasteiger partial charge in [0, 0.05) is 41.9 Å². The molecule has 0 unspecified atom stereocenters. The van der Waals surface area contributed by atoms with E-state index in [1.54, 1.807) is 36.9 Å². The second-order valence-electron chi connectivity index (χ2n) is 9.88. The summed E-state index contributed by atoms with van der Waals surface area (Å²) in [4.78, 5) is 11.4. The molecule has 0 saturated heterocycles. The zero-order valence-corrected chi connectivity index (χ0v) is 25.4. The summed E-state index contributed by atoms with van der Waals surface area (Å²) >= 11 is 3.33. The van der Waals surface area contributed by atoms with E-state index >= 15 is 0 Å². The fraction of sp³-hybridized carbons (Fsp3) is 0.0909. The van der Waals surface area contributed by atoms with Crippen LogP contribution in [0.15, 0.2) is 97.3 Å². The summed E-state index contributed by atoms with van der Waals surface area (Å²) in [6, 6.07) is 28.3. The number of nitrogens with zero attached hydrogens (tertiary/aromatic N) is 4. The molecule has 3 N–H and O–H groups in total. The van der Waals surface area contributed by atoms with Crippen molar-refractivity contribution in [3.8, 4) is 34.0 Å². The van der Waals surface area contributed by atoms with E-state index in [0.717, 1.165) is 66.3 Å². The Hall–Kier alpha value is -5.06. The summed E-state index contributed by atoms with van der Waals surface area (Å²) in [5.74, 6) is 1.74. The number of rotatable bonds is 5. The molecule has 0 atom stereocenters. The van der Waals surface area contributed by atoms with Crippen LogP contribution in [0.1, 0.15) is 0 Å². The predicted octanol–water partition coefficient (Wildman–Crippen LogP) is 8.07. The monoisotopic (exact) mass is 604 g/mol. The van der Waals surface area contributed by atoms with Crippen molar-refractivity contribution in [2.75, 3.05) is 32.3 Å². The average Bonchev–Trinajstić information content (AvgIpc) is 3.80. The molecule has 0 aliphatic heterocycles. The molecule has 4 heterocycles. The van der Waals surface area contributed by atoms with E-state index in [0.29, 0.717) is 0 Å². The van der Waals surface area contributed by atoms with Gasteiger partial charge in [-0.1, -0.05) is 46.9 Å². The largest absolute Gasteiger partial charge is 0.497 e. The van der Waals surface area contributed by atoms with Crippen LogP contribution in [0.2, 0.25) is 0 Å². The van der Waals surface area contributed by atoms with Crippen LogP contribution >= 0.6 is 22.7 Å². The Kier molecular flexibility index (Phi) is 6.84. The maximum atomic E-state index is 5.73. The number of hydrogen-bond acceptors (Lipinski definition) is 8. The van der Waals surface area contributed by atoms with Crippen LogP contribution < -0.4 is 20.5 Å². The number of methoxy groups -OCH3 is 2. The molecule has 8 rings (SSSR count). The Morgan fingerprint density at radius 2 is 1.12 bits per heavy atom. The lowest BCUT2D eigenvalue weighted by atomic mass is 10.1. The molecular weight excluding hydrogens is 577 g/mol. The molecule has 0 aliphatic carbocycles. The number of hydrogen-bond donors (Lipinski definition) is 2.